The fourth-order valence-corrected chi connectivity index (χ4v) is 2.18. The molecule has 4 nitrogen and oxygen atoms in total. The van der Waals surface area contributed by atoms with Gasteiger partial charge in [-0.2, -0.15) is 0 Å². The van der Waals surface area contributed by atoms with Crippen LogP contribution in [0.4, 0.5) is 0 Å². The van der Waals surface area contributed by atoms with Gasteiger partial charge in [0.25, 0.3) is 5.91 Å². The maximum atomic E-state index is 11.7. The van der Waals surface area contributed by atoms with Crippen molar-refractivity contribution in [3.63, 3.8) is 0 Å². The minimum absolute atomic E-state index is 0.0412. The zero-order chi connectivity index (χ0) is 12.0. The van der Waals surface area contributed by atoms with Crippen molar-refractivity contribution in [1.29, 1.82) is 0 Å². The molecule has 0 fully saturated rings. The molecular formula is C11H19N3OS. The average Bonchev–Trinajstić information content (AvgIpc) is 2.66. The summed E-state index contributed by atoms with van der Waals surface area (Å²) < 4.78 is 0. The zero-order valence-electron chi connectivity index (χ0n) is 9.82. The highest BCUT2D eigenvalue weighted by atomic mass is 32.1. The SMILES string of the molecule is CCCc1ncc(C(=O)NCCC(C)N)s1. The first-order chi connectivity index (χ1) is 7.63. The number of aromatic nitrogens is 1. The van der Waals surface area contributed by atoms with Crippen LogP contribution < -0.4 is 11.1 Å². The lowest BCUT2D eigenvalue weighted by Gasteiger charge is -2.05. The van der Waals surface area contributed by atoms with E-state index in [1.165, 1.54) is 11.3 Å². The van der Waals surface area contributed by atoms with Gasteiger partial charge in [-0.1, -0.05) is 6.92 Å². The van der Waals surface area contributed by atoms with Crippen LogP contribution in [0, 0.1) is 0 Å². The second-order valence-corrected chi connectivity index (χ2v) is 5.01. The molecule has 1 heterocycles. The lowest BCUT2D eigenvalue weighted by molar-refractivity contribution is 0.0956. The number of nitrogens with one attached hydrogen (secondary N) is 1. The molecule has 1 rings (SSSR count). The standard InChI is InChI=1S/C11H19N3OS/c1-3-4-10-14-7-9(16-10)11(15)13-6-5-8(2)12/h7-8H,3-6,12H2,1-2H3,(H,13,15). The number of hydrogen-bond acceptors (Lipinski definition) is 4. The van der Waals surface area contributed by atoms with Crippen molar-refractivity contribution in [2.75, 3.05) is 6.54 Å². The first kappa shape index (κ1) is 13.1. The molecule has 0 saturated heterocycles. The summed E-state index contributed by atoms with van der Waals surface area (Å²) in [7, 11) is 0. The highest BCUT2D eigenvalue weighted by Crippen LogP contribution is 2.14. The third-order valence-electron chi connectivity index (χ3n) is 2.13. The van der Waals surface area contributed by atoms with Crippen molar-refractivity contribution >= 4 is 17.2 Å². The maximum Gasteiger partial charge on any atom is 0.263 e. The molecule has 0 bridgehead atoms. The van der Waals surface area contributed by atoms with Crippen LogP contribution in [0.15, 0.2) is 6.20 Å². The summed E-state index contributed by atoms with van der Waals surface area (Å²) in [6.07, 6.45) is 4.44. The molecule has 0 aromatic carbocycles. The monoisotopic (exact) mass is 241 g/mol. The number of thiazole rings is 1. The Kier molecular flexibility index (Phi) is 5.42. The minimum Gasteiger partial charge on any atom is -0.351 e. The van der Waals surface area contributed by atoms with Gasteiger partial charge >= 0.3 is 0 Å². The average molecular weight is 241 g/mol. The Morgan fingerprint density at radius 2 is 2.44 bits per heavy atom. The van der Waals surface area contributed by atoms with E-state index in [9.17, 15) is 4.79 Å². The molecule has 16 heavy (non-hydrogen) atoms. The number of carbonyl (C=O) groups excluding carboxylic acids is 1. The van der Waals surface area contributed by atoms with E-state index in [-0.39, 0.29) is 11.9 Å². The van der Waals surface area contributed by atoms with Gasteiger partial charge in [-0.25, -0.2) is 4.98 Å². The quantitative estimate of drug-likeness (QED) is 0.794. The van der Waals surface area contributed by atoms with E-state index in [0.29, 0.717) is 11.4 Å². The summed E-state index contributed by atoms with van der Waals surface area (Å²) in [5.41, 5.74) is 5.60. The lowest BCUT2D eigenvalue weighted by atomic mass is 10.2. The molecule has 0 aliphatic carbocycles. The molecule has 1 aromatic rings. The summed E-state index contributed by atoms with van der Waals surface area (Å²) in [5.74, 6) is -0.0412. The molecular weight excluding hydrogens is 222 g/mol. The van der Waals surface area contributed by atoms with Gasteiger partial charge in [-0.15, -0.1) is 11.3 Å². The van der Waals surface area contributed by atoms with E-state index in [1.54, 1.807) is 6.20 Å². The smallest absolute Gasteiger partial charge is 0.263 e. The van der Waals surface area contributed by atoms with Crippen molar-refractivity contribution < 1.29 is 4.79 Å². The molecule has 0 aliphatic heterocycles. The van der Waals surface area contributed by atoms with Crippen LogP contribution in [0.25, 0.3) is 0 Å². The third kappa shape index (κ3) is 4.28. The van der Waals surface area contributed by atoms with E-state index >= 15 is 0 Å². The van der Waals surface area contributed by atoms with Gasteiger partial charge in [-0.05, 0) is 26.2 Å². The van der Waals surface area contributed by atoms with E-state index in [2.05, 4.69) is 17.2 Å². The van der Waals surface area contributed by atoms with Gasteiger partial charge in [0, 0.05) is 12.6 Å². The maximum absolute atomic E-state index is 11.7. The summed E-state index contributed by atoms with van der Waals surface area (Å²) >= 11 is 1.47. The Hall–Kier alpha value is -0.940. The molecule has 0 spiro atoms. The largest absolute Gasteiger partial charge is 0.351 e. The number of nitrogens with two attached hydrogens (primary N) is 1. The molecule has 90 valence electrons. The highest BCUT2D eigenvalue weighted by molar-refractivity contribution is 7.13. The number of nitrogens with zero attached hydrogens (tertiary/aromatic N) is 1. The van der Waals surface area contributed by atoms with E-state index in [4.69, 9.17) is 5.73 Å². The second kappa shape index (κ2) is 6.60. The summed E-state index contributed by atoms with van der Waals surface area (Å²) in [5, 5.41) is 3.86. The van der Waals surface area contributed by atoms with Crippen LogP contribution in [-0.4, -0.2) is 23.5 Å². The van der Waals surface area contributed by atoms with Gasteiger partial charge in [-0.3, -0.25) is 4.79 Å². The van der Waals surface area contributed by atoms with Crippen molar-refractivity contribution in [2.45, 2.75) is 39.2 Å². The van der Waals surface area contributed by atoms with Crippen molar-refractivity contribution in [3.8, 4) is 0 Å². The van der Waals surface area contributed by atoms with E-state index in [1.807, 2.05) is 6.92 Å². The molecule has 1 unspecified atom stereocenters. The van der Waals surface area contributed by atoms with Gasteiger partial charge in [0.05, 0.1) is 11.2 Å². The highest BCUT2D eigenvalue weighted by Gasteiger charge is 2.09. The Labute approximate surface area is 100 Å². The summed E-state index contributed by atoms with van der Waals surface area (Å²) in [4.78, 5) is 16.6. The first-order valence-corrected chi connectivity index (χ1v) is 6.43. The Balaban J connectivity index is 2.40. The van der Waals surface area contributed by atoms with Crippen LogP contribution in [0.3, 0.4) is 0 Å². The van der Waals surface area contributed by atoms with Crippen molar-refractivity contribution in [1.82, 2.24) is 10.3 Å². The van der Waals surface area contributed by atoms with Gasteiger partial charge < -0.3 is 11.1 Å². The van der Waals surface area contributed by atoms with E-state index < -0.39 is 0 Å². The third-order valence-corrected chi connectivity index (χ3v) is 3.18. The van der Waals surface area contributed by atoms with Crippen molar-refractivity contribution in [3.05, 3.63) is 16.1 Å². The molecule has 1 atom stereocenters. The van der Waals surface area contributed by atoms with Gasteiger partial charge in [0.2, 0.25) is 0 Å². The Morgan fingerprint density at radius 3 is 3.06 bits per heavy atom. The number of hydrogen-bond donors (Lipinski definition) is 2. The first-order valence-electron chi connectivity index (χ1n) is 5.62. The molecule has 3 N–H and O–H groups in total. The van der Waals surface area contributed by atoms with Crippen LogP contribution in [0.2, 0.25) is 0 Å². The van der Waals surface area contributed by atoms with Crippen LogP contribution in [-0.2, 0) is 6.42 Å². The fraction of sp³-hybridized carbons (Fsp3) is 0.636. The Bertz CT molecular complexity index is 336. The topological polar surface area (TPSA) is 68.0 Å². The molecule has 0 aliphatic rings. The number of amides is 1. The van der Waals surface area contributed by atoms with Gasteiger partial charge in [0.1, 0.15) is 4.88 Å². The second-order valence-electron chi connectivity index (χ2n) is 3.89. The Morgan fingerprint density at radius 1 is 1.69 bits per heavy atom. The van der Waals surface area contributed by atoms with Crippen molar-refractivity contribution in [2.24, 2.45) is 5.73 Å². The van der Waals surface area contributed by atoms with E-state index in [0.717, 1.165) is 24.3 Å². The lowest BCUT2D eigenvalue weighted by Crippen LogP contribution is -2.28. The van der Waals surface area contributed by atoms with Crippen LogP contribution in [0.5, 0.6) is 0 Å². The number of rotatable bonds is 6. The molecule has 1 aromatic heterocycles. The molecule has 0 radical (unpaired) electrons. The van der Waals surface area contributed by atoms with Gasteiger partial charge in [0.15, 0.2) is 0 Å². The molecule has 1 amide bonds. The van der Waals surface area contributed by atoms with Crippen LogP contribution in [0.1, 0.15) is 41.4 Å². The summed E-state index contributed by atoms with van der Waals surface area (Å²) in [6, 6.07) is 0.123. The predicted octanol–water partition coefficient (Wildman–Crippen LogP) is 1.56. The minimum atomic E-state index is -0.0412. The number of aryl methyl sites for hydroxylation is 1. The zero-order valence-corrected chi connectivity index (χ0v) is 10.6. The normalized spacial score (nSPS) is 12.4. The molecule has 0 saturated carbocycles. The van der Waals surface area contributed by atoms with Crippen LogP contribution >= 0.6 is 11.3 Å². The fourth-order valence-electron chi connectivity index (χ4n) is 1.25. The predicted molar refractivity (Wildman–Crippen MR) is 66.7 cm³/mol. The number of carbonyl (C=O) groups is 1. The molecule has 5 heteroatoms. The summed E-state index contributed by atoms with van der Waals surface area (Å²) in [6.45, 7) is 4.65.